The van der Waals surface area contributed by atoms with Gasteiger partial charge >= 0.3 is 0 Å². The lowest BCUT2D eigenvalue weighted by molar-refractivity contribution is -0.419. The van der Waals surface area contributed by atoms with Crippen molar-refractivity contribution in [1.29, 1.82) is 0 Å². The van der Waals surface area contributed by atoms with Crippen molar-refractivity contribution in [2.75, 3.05) is 26.2 Å². The Labute approximate surface area is 111 Å². The van der Waals surface area contributed by atoms with Crippen molar-refractivity contribution >= 4 is 17.8 Å². The van der Waals surface area contributed by atoms with Crippen LogP contribution in [0.3, 0.4) is 0 Å². The summed E-state index contributed by atoms with van der Waals surface area (Å²) in [6.07, 6.45) is 0.818. The number of anilines is 1. The summed E-state index contributed by atoms with van der Waals surface area (Å²) in [6, 6.07) is 6.69. The third-order valence-electron chi connectivity index (χ3n) is 3.06. The van der Waals surface area contributed by atoms with Crippen molar-refractivity contribution in [2.24, 2.45) is 0 Å². The van der Waals surface area contributed by atoms with Gasteiger partial charge in [0.25, 0.3) is 5.91 Å². The molecule has 1 fully saturated rings. The highest BCUT2D eigenvalue weighted by Crippen LogP contribution is 2.30. The van der Waals surface area contributed by atoms with Crippen molar-refractivity contribution in [2.45, 2.75) is 12.1 Å². The minimum absolute atomic E-state index is 0.157. The molecule has 0 bridgehead atoms. The second kappa shape index (κ2) is 5.27. The van der Waals surface area contributed by atoms with Gasteiger partial charge in [-0.3, -0.25) is 9.69 Å². The fraction of sp³-hybridized carbons (Fsp3) is 0.385. The number of hydroxylamine groups is 1. The summed E-state index contributed by atoms with van der Waals surface area (Å²) in [7, 11) is 4.41. The molecule has 0 unspecified atom stereocenters. The zero-order valence-electron chi connectivity index (χ0n) is 11.1. The van der Waals surface area contributed by atoms with Crippen LogP contribution in [0.1, 0.15) is 0 Å². The van der Waals surface area contributed by atoms with Gasteiger partial charge in [0, 0.05) is 12.8 Å². The Hall–Kier alpha value is -2.08. The standard InChI is InChI=1S/C13H16N2O4/c1-14(17)8-11-12(19-3)13(16)15(11)9-4-6-10(18-2)7-5-9/h4-8,11-12H,1-3H3/b14-8-/t11-,12+/m0/s1. The molecule has 1 aromatic carbocycles. The zero-order chi connectivity index (χ0) is 14.0. The third-order valence-corrected chi connectivity index (χ3v) is 3.06. The molecule has 19 heavy (non-hydrogen) atoms. The Kier molecular flexibility index (Phi) is 3.71. The molecule has 0 spiro atoms. The number of hydrogen-bond donors (Lipinski definition) is 0. The van der Waals surface area contributed by atoms with Crippen LogP contribution < -0.4 is 9.64 Å². The Morgan fingerprint density at radius 1 is 1.32 bits per heavy atom. The first kappa shape index (κ1) is 13.4. The van der Waals surface area contributed by atoms with Gasteiger partial charge in [-0.25, -0.2) is 4.74 Å². The maximum Gasteiger partial charge on any atom is 0.259 e. The van der Waals surface area contributed by atoms with Crippen LogP contribution in [-0.2, 0) is 9.53 Å². The van der Waals surface area contributed by atoms with Gasteiger partial charge in [0.05, 0.1) is 7.11 Å². The Bertz CT molecular complexity index is 494. The first-order valence-corrected chi connectivity index (χ1v) is 5.83. The number of carbonyl (C=O) groups is 1. The van der Waals surface area contributed by atoms with Crippen LogP contribution in [-0.4, -0.2) is 50.3 Å². The molecule has 1 aliphatic heterocycles. The molecule has 6 heteroatoms. The Balaban J connectivity index is 2.26. The first-order valence-electron chi connectivity index (χ1n) is 5.83. The van der Waals surface area contributed by atoms with Gasteiger partial charge in [-0.1, -0.05) is 0 Å². The van der Waals surface area contributed by atoms with Crippen LogP contribution in [0.15, 0.2) is 24.3 Å². The summed E-state index contributed by atoms with van der Waals surface area (Å²) in [4.78, 5) is 13.5. The van der Waals surface area contributed by atoms with E-state index in [1.54, 1.807) is 31.4 Å². The summed E-state index contributed by atoms with van der Waals surface area (Å²) in [5, 5.41) is 11.1. The lowest BCUT2D eigenvalue weighted by Crippen LogP contribution is -2.67. The number of benzene rings is 1. The third kappa shape index (κ3) is 2.39. The summed E-state index contributed by atoms with van der Waals surface area (Å²) in [5.74, 6) is 0.553. The van der Waals surface area contributed by atoms with E-state index in [4.69, 9.17) is 9.47 Å². The Morgan fingerprint density at radius 3 is 2.42 bits per heavy atom. The lowest BCUT2D eigenvalue weighted by atomic mass is 9.97. The van der Waals surface area contributed by atoms with E-state index in [9.17, 15) is 10.0 Å². The fourth-order valence-corrected chi connectivity index (χ4v) is 2.13. The SMILES string of the molecule is COc1ccc(N2C(=O)[C@H](OC)[C@@H]2/C=[N+](/C)[O-])cc1. The molecule has 1 saturated heterocycles. The minimum Gasteiger partial charge on any atom is -0.624 e. The van der Waals surface area contributed by atoms with Gasteiger partial charge in [0.1, 0.15) is 18.8 Å². The van der Waals surface area contributed by atoms with Crippen LogP contribution in [0, 0.1) is 5.21 Å². The quantitative estimate of drug-likeness (QED) is 0.263. The second-order valence-electron chi connectivity index (χ2n) is 4.25. The molecule has 2 rings (SSSR count). The van der Waals surface area contributed by atoms with Crippen LogP contribution in [0.5, 0.6) is 5.75 Å². The van der Waals surface area contributed by atoms with E-state index >= 15 is 0 Å². The summed E-state index contributed by atoms with van der Waals surface area (Å²) < 4.78 is 10.8. The molecule has 0 aliphatic carbocycles. The normalized spacial score (nSPS) is 23.2. The van der Waals surface area contributed by atoms with E-state index in [1.165, 1.54) is 25.3 Å². The van der Waals surface area contributed by atoms with Gasteiger partial charge in [-0.05, 0) is 24.3 Å². The molecule has 1 aliphatic rings. The summed E-state index contributed by atoms with van der Waals surface area (Å²) in [5.41, 5.74) is 0.710. The van der Waals surface area contributed by atoms with Crippen molar-refractivity contribution < 1.29 is 19.0 Å². The van der Waals surface area contributed by atoms with E-state index < -0.39 is 6.10 Å². The number of methoxy groups -OCH3 is 2. The van der Waals surface area contributed by atoms with E-state index in [0.717, 1.165) is 0 Å². The molecule has 0 N–H and O–H groups in total. The number of β-lactam (4-membered cyclic amide) rings is 1. The molecule has 0 radical (unpaired) electrons. The first-order chi connectivity index (χ1) is 9.08. The Morgan fingerprint density at radius 2 is 1.95 bits per heavy atom. The number of hydrogen-bond acceptors (Lipinski definition) is 4. The van der Waals surface area contributed by atoms with Crippen molar-refractivity contribution in [3.05, 3.63) is 29.5 Å². The van der Waals surface area contributed by atoms with Crippen molar-refractivity contribution in [3.8, 4) is 5.75 Å². The van der Waals surface area contributed by atoms with Gasteiger partial charge in [-0.2, -0.15) is 0 Å². The molecule has 1 aromatic rings. The second-order valence-corrected chi connectivity index (χ2v) is 4.25. The van der Waals surface area contributed by atoms with Gasteiger partial charge in [0.2, 0.25) is 0 Å². The molecule has 1 amide bonds. The van der Waals surface area contributed by atoms with Crippen molar-refractivity contribution in [1.82, 2.24) is 0 Å². The van der Waals surface area contributed by atoms with E-state index in [2.05, 4.69) is 0 Å². The maximum atomic E-state index is 12.0. The minimum atomic E-state index is -0.599. The van der Waals surface area contributed by atoms with E-state index in [-0.39, 0.29) is 11.9 Å². The van der Waals surface area contributed by atoms with Crippen LogP contribution in [0.2, 0.25) is 0 Å². The smallest absolute Gasteiger partial charge is 0.259 e. The maximum absolute atomic E-state index is 12.0. The fourth-order valence-electron chi connectivity index (χ4n) is 2.13. The molecule has 2 atom stereocenters. The van der Waals surface area contributed by atoms with Gasteiger partial charge < -0.3 is 14.7 Å². The molecule has 0 aromatic heterocycles. The number of nitrogens with zero attached hydrogens (tertiary/aromatic N) is 2. The molecular formula is C13H16N2O4. The predicted octanol–water partition coefficient (Wildman–Crippen LogP) is 0.636. The predicted molar refractivity (Wildman–Crippen MR) is 70.7 cm³/mol. The van der Waals surface area contributed by atoms with Gasteiger partial charge in [0.15, 0.2) is 12.3 Å². The monoisotopic (exact) mass is 264 g/mol. The molecule has 102 valence electrons. The molecule has 1 heterocycles. The van der Waals surface area contributed by atoms with Crippen LogP contribution >= 0.6 is 0 Å². The van der Waals surface area contributed by atoms with E-state index in [1.807, 2.05) is 0 Å². The van der Waals surface area contributed by atoms with Crippen LogP contribution in [0.25, 0.3) is 0 Å². The summed E-state index contributed by atoms with van der Waals surface area (Å²) in [6.45, 7) is 0. The number of carbonyl (C=O) groups excluding carboxylic acids is 1. The topological polar surface area (TPSA) is 64.8 Å². The summed E-state index contributed by atoms with van der Waals surface area (Å²) >= 11 is 0. The number of ether oxygens (including phenoxy) is 2. The van der Waals surface area contributed by atoms with Gasteiger partial charge in [-0.15, -0.1) is 0 Å². The van der Waals surface area contributed by atoms with E-state index in [0.29, 0.717) is 16.2 Å². The van der Waals surface area contributed by atoms with Crippen molar-refractivity contribution in [3.63, 3.8) is 0 Å². The largest absolute Gasteiger partial charge is 0.624 e. The number of amides is 1. The molecule has 0 saturated carbocycles. The lowest BCUT2D eigenvalue weighted by Gasteiger charge is -2.42. The molecular weight excluding hydrogens is 248 g/mol. The molecule has 6 nitrogen and oxygen atoms in total. The zero-order valence-corrected chi connectivity index (χ0v) is 11.1. The highest BCUT2D eigenvalue weighted by Gasteiger charge is 2.49. The van der Waals surface area contributed by atoms with Crippen LogP contribution in [0.4, 0.5) is 5.69 Å². The average Bonchev–Trinajstić information content (AvgIpc) is 2.39. The highest BCUT2D eigenvalue weighted by molar-refractivity contribution is 6.10. The number of rotatable bonds is 4. The highest BCUT2D eigenvalue weighted by atomic mass is 16.5. The average molecular weight is 264 g/mol.